The molecule has 6 nitrogen and oxygen atoms in total. The SMILES string of the molecule is COc1cc(C#N)ccc1OC(=O)C1CCCN1C(=O)C12CC3CC(CC(C3)C1)C2. The molecule has 1 aromatic carbocycles. The molecule has 1 aromatic rings. The van der Waals surface area contributed by atoms with Crippen LogP contribution in [0, 0.1) is 34.5 Å². The molecule has 0 spiro atoms. The number of nitriles is 1. The second kappa shape index (κ2) is 7.30. The molecule has 6 heteroatoms. The molecule has 0 N–H and O–H groups in total. The molecule has 1 atom stereocenters. The molecular formula is C24H28N2O4. The van der Waals surface area contributed by atoms with Gasteiger partial charge in [0.2, 0.25) is 5.91 Å². The minimum atomic E-state index is -0.536. The van der Waals surface area contributed by atoms with E-state index in [9.17, 15) is 9.59 Å². The Morgan fingerprint density at radius 3 is 2.37 bits per heavy atom. The first-order valence-electron chi connectivity index (χ1n) is 11.1. The van der Waals surface area contributed by atoms with Crippen molar-refractivity contribution in [2.24, 2.45) is 23.2 Å². The highest BCUT2D eigenvalue weighted by atomic mass is 16.6. The lowest BCUT2D eigenvalue weighted by molar-refractivity contribution is -0.162. The molecule has 5 fully saturated rings. The van der Waals surface area contributed by atoms with Crippen LogP contribution in [0.4, 0.5) is 0 Å². The van der Waals surface area contributed by atoms with E-state index in [2.05, 4.69) is 0 Å². The Morgan fingerprint density at radius 2 is 1.77 bits per heavy atom. The Morgan fingerprint density at radius 1 is 1.10 bits per heavy atom. The molecule has 1 heterocycles. The van der Waals surface area contributed by atoms with E-state index < -0.39 is 12.0 Å². The molecule has 1 aliphatic heterocycles. The van der Waals surface area contributed by atoms with Crippen molar-refractivity contribution in [1.29, 1.82) is 5.26 Å². The van der Waals surface area contributed by atoms with Crippen LogP contribution < -0.4 is 9.47 Å². The minimum absolute atomic E-state index is 0.188. The highest BCUT2D eigenvalue weighted by Crippen LogP contribution is 2.60. The quantitative estimate of drug-likeness (QED) is 0.561. The van der Waals surface area contributed by atoms with Gasteiger partial charge in [0.1, 0.15) is 6.04 Å². The number of likely N-dealkylation sites (tertiary alicyclic amines) is 1. The molecule has 6 rings (SSSR count). The van der Waals surface area contributed by atoms with Crippen molar-refractivity contribution >= 4 is 11.9 Å². The third-order valence-corrected chi connectivity index (χ3v) is 7.78. The second-order valence-electron chi connectivity index (χ2n) is 9.75. The van der Waals surface area contributed by atoms with E-state index in [1.165, 1.54) is 26.4 Å². The first-order chi connectivity index (χ1) is 14.5. The van der Waals surface area contributed by atoms with Gasteiger partial charge in [-0.1, -0.05) is 0 Å². The molecular weight excluding hydrogens is 380 g/mol. The third kappa shape index (κ3) is 3.15. The lowest BCUT2D eigenvalue weighted by Crippen LogP contribution is -2.56. The smallest absolute Gasteiger partial charge is 0.334 e. The van der Waals surface area contributed by atoms with Gasteiger partial charge in [-0.05, 0) is 81.3 Å². The topological polar surface area (TPSA) is 79.6 Å². The van der Waals surface area contributed by atoms with Crippen LogP contribution in [-0.2, 0) is 9.59 Å². The van der Waals surface area contributed by atoms with Gasteiger partial charge < -0.3 is 14.4 Å². The van der Waals surface area contributed by atoms with Gasteiger partial charge in [-0.25, -0.2) is 4.79 Å². The molecule has 4 aliphatic carbocycles. The molecule has 0 aromatic heterocycles. The second-order valence-corrected chi connectivity index (χ2v) is 9.75. The van der Waals surface area contributed by atoms with E-state index in [1.807, 2.05) is 11.0 Å². The lowest BCUT2D eigenvalue weighted by atomic mass is 9.49. The Labute approximate surface area is 177 Å². The Bertz CT molecular complexity index is 883. The summed E-state index contributed by atoms with van der Waals surface area (Å²) >= 11 is 0. The summed E-state index contributed by atoms with van der Waals surface area (Å²) in [4.78, 5) is 28.6. The summed E-state index contributed by atoms with van der Waals surface area (Å²) in [6.07, 6.45) is 8.32. The Balaban J connectivity index is 1.34. The van der Waals surface area contributed by atoms with Gasteiger partial charge in [0.05, 0.1) is 24.2 Å². The monoisotopic (exact) mass is 408 g/mol. The highest BCUT2D eigenvalue weighted by Gasteiger charge is 2.57. The molecule has 1 amide bonds. The van der Waals surface area contributed by atoms with Crippen LogP contribution >= 0.6 is 0 Å². The number of esters is 1. The number of benzene rings is 1. The number of carbonyl (C=O) groups is 2. The highest BCUT2D eigenvalue weighted by molar-refractivity contribution is 5.90. The summed E-state index contributed by atoms with van der Waals surface area (Å²) in [6, 6.07) is 6.24. The van der Waals surface area contributed by atoms with E-state index in [0.717, 1.165) is 25.7 Å². The molecule has 1 saturated heterocycles. The predicted octanol–water partition coefficient (Wildman–Crippen LogP) is 3.68. The van der Waals surface area contributed by atoms with Crippen LogP contribution in [0.3, 0.4) is 0 Å². The summed E-state index contributed by atoms with van der Waals surface area (Å²) in [6.45, 7) is 0.630. The van der Waals surface area contributed by atoms with Crippen LogP contribution in [0.2, 0.25) is 0 Å². The van der Waals surface area contributed by atoms with Crippen molar-refractivity contribution in [2.75, 3.05) is 13.7 Å². The average Bonchev–Trinajstić information content (AvgIpc) is 3.22. The van der Waals surface area contributed by atoms with E-state index in [4.69, 9.17) is 14.7 Å². The molecule has 30 heavy (non-hydrogen) atoms. The summed E-state index contributed by atoms with van der Waals surface area (Å²) < 4.78 is 10.9. The Hall–Kier alpha value is -2.55. The normalized spacial score (nSPS) is 33.9. The minimum Gasteiger partial charge on any atom is -0.493 e. The van der Waals surface area contributed by atoms with Gasteiger partial charge in [0, 0.05) is 12.6 Å². The molecule has 0 radical (unpaired) electrons. The van der Waals surface area contributed by atoms with E-state index in [-0.39, 0.29) is 17.1 Å². The van der Waals surface area contributed by atoms with Gasteiger partial charge in [-0.3, -0.25) is 4.79 Å². The number of carbonyl (C=O) groups excluding carboxylic acids is 2. The molecule has 5 aliphatic rings. The summed E-state index contributed by atoms with van der Waals surface area (Å²) in [5, 5.41) is 9.06. The van der Waals surface area contributed by atoms with Crippen molar-refractivity contribution in [1.82, 2.24) is 4.90 Å². The molecule has 4 saturated carbocycles. The van der Waals surface area contributed by atoms with E-state index in [0.29, 0.717) is 42.0 Å². The number of methoxy groups -OCH3 is 1. The maximum atomic E-state index is 13.7. The van der Waals surface area contributed by atoms with Crippen molar-refractivity contribution in [3.05, 3.63) is 23.8 Å². The zero-order chi connectivity index (χ0) is 20.9. The predicted molar refractivity (Wildman–Crippen MR) is 109 cm³/mol. The maximum Gasteiger partial charge on any atom is 0.334 e. The maximum absolute atomic E-state index is 13.7. The van der Waals surface area contributed by atoms with E-state index in [1.54, 1.807) is 18.2 Å². The zero-order valence-electron chi connectivity index (χ0n) is 17.4. The van der Waals surface area contributed by atoms with Crippen LogP contribution in [-0.4, -0.2) is 36.5 Å². The number of amides is 1. The first kappa shape index (κ1) is 19.4. The van der Waals surface area contributed by atoms with Crippen molar-refractivity contribution < 1.29 is 19.1 Å². The standard InChI is InChI=1S/C24H28N2O4/c1-29-21-10-15(14-25)4-5-20(21)30-22(27)19-3-2-6-26(19)23(28)24-11-16-7-17(12-24)9-18(8-16)13-24/h4-5,10,16-19H,2-3,6-9,11-13H2,1H3. The van der Waals surface area contributed by atoms with Gasteiger partial charge in [-0.15, -0.1) is 0 Å². The molecule has 4 bridgehead atoms. The van der Waals surface area contributed by atoms with Crippen LogP contribution in [0.25, 0.3) is 0 Å². The van der Waals surface area contributed by atoms with Crippen LogP contribution in [0.5, 0.6) is 11.5 Å². The molecule has 158 valence electrons. The number of nitrogens with zero attached hydrogens (tertiary/aromatic N) is 2. The van der Waals surface area contributed by atoms with Gasteiger partial charge in [-0.2, -0.15) is 5.26 Å². The summed E-state index contributed by atoms with van der Waals surface area (Å²) in [5.41, 5.74) is 0.190. The van der Waals surface area contributed by atoms with E-state index >= 15 is 0 Å². The summed E-state index contributed by atoms with van der Waals surface area (Å²) in [7, 11) is 1.48. The molecule has 1 unspecified atom stereocenters. The van der Waals surface area contributed by atoms with Gasteiger partial charge >= 0.3 is 5.97 Å². The van der Waals surface area contributed by atoms with Crippen LogP contribution in [0.1, 0.15) is 56.9 Å². The van der Waals surface area contributed by atoms with Crippen LogP contribution in [0.15, 0.2) is 18.2 Å². The fraction of sp³-hybridized carbons (Fsp3) is 0.625. The average molecular weight is 408 g/mol. The van der Waals surface area contributed by atoms with Crippen molar-refractivity contribution in [3.63, 3.8) is 0 Å². The number of hydrogen-bond donors (Lipinski definition) is 0. The first-order valence-corrected chi connectivity index (χ1v) is 11.1. The largest absolute Gasteiger partial charge is 0.493 e. The lowest BCUT2D eigenvalue weighted by Gasteiger charge is -2.56. The van der Waals surface area contributed by atoms with Crippen molar-refractivity contribution in [3.8, 4) is 17.6 Å². The zero-order valence-corrected chi connectivity index (χ0v) is 17.4. The van der Waals surface area contributed by atoms with Crippen molar-refractivity contribution in [2.45, 2.75) is 57.4 Å². The number of ether oxygens (including phenoxy) is 2. The Kier molecular flexibility index (Phi) is 4.72. The van der Waals surface area contributed by atoms with Gasteiger partial charge in [0.25, 0.3) is 0 Å². The fourth-order valence-electron chi connectivity index (χ4n) is 6.93. The number of rotatable bonds is 4. The summed E-state index contributed by atoms with van der Waals surface area (Å²) in [5.74, 6) is 2.49. The fourth-order valence-corrected chi connectivity index (χ4v) is 6.93. The number of hydrogen-bond acceptors (Lipinski definition) is 5. The van der Waals surface area contributed by atoms with Gasteiger partial charge in [0.15, 0.2) is 11.5 Å². The third-order valence-electron chi connectivity index (χ3n) is 7.78.